The number of carbonyl (C=O) groups is 2. The predicted molar refractivity (Wildman–Crippen MR) is 103 cm³/mol. The number of ether oxygens (including phenoxy) is 4. The number of halogens is 2. The van der Waals surface area contributed by atoms with Gasteiger partial charge in [-0.1, -0.05) is 6.92 Å². The Labute approximate surface area is 175 Å². The van der Waals surface area contributed by atoms with E-state index in [0.29, 0.717) is 17.7 Å². The molecule has 2 rings (SSSR count). The van der Waals surface area contributed by atoms with Crippen LogP contribution in [0, 0.1) is 10.1 Å². The quantitative estimate of drug-likeness (QED) is 0.224. The van der Waals surface area contributed by atoms with Gasteiger partial charge in [-0.2, -0.15) is 8.78 Å². The third kappa shape index (κ3) is 6.63. The number of nitro benzene ring substituents is 1. The highest BCUT2D eigenvalue weighted by atomic mass is 19.3. The Hall–Kier alpha value is -3.76. The largest absolute Gasteiger partial charge is 0.493 e. The van der Waals surface area contributed by atoms with Gasteiger partial charge in [0, 0.05) is 12.0 Å². The first-order valence-electron chi connectivity index (χ1n) is 8.97. The molecule has 166 valence electrons. The van der Waals surface area contributed by atoms with Gasteiger partial charge in [-0.25, -0.2) is 4.79 Å². The summed E-state index contributed by atoms with van der Waals surface area (Å²) in [5.74, 6) is -1.24. The van der Waals surface area contributed by atoms with E-state index in [1.807, 2.05) is 0 Å². The molecular formula is C20H19F2NO8. The highest BCUT2D eigenvalue weighted by molar-refractivity contribution is 5.95. The van der Waals surface area contributed by atoms with Crippen LogP contribution in [0.3, 0.4) is 0 Å². The average Bonchev–Trinajstić information content (AvgIpc) is 2.75. The highest BCUT2D eigenvalue weighted by Gasteiger charge is 2.22. The van der Waals surface area contributed by atoms with Crippen LogP contribution in [0.2, 0.25) is 0 Å². The number of hydrogen-bond donors (Lipinski definition) is 0. The van der Waals surface area contributed by atoms with Crippen molar-refractivity contribution in [2.24, 2.45) is 0 Å². The smallest absolute Gasteiger partial charge is 0.387 e. The lowest BCUT2D eigenvalue weighted by atomic mass is 10.1. The first kappa shape index (κ1) is 23.5. The number of nitro groups is 1. The molecule has 0 aliphatic heterocycles. The van der Waals surface area contributed by atoms with Crippen LogP contribution < -0.4 is 14.2 Å². The molecule has 0 amide bonds. The lowest BCUT2D eigenvalue weighted by molar-refractivity contribution is -0.386. The number of alkyl halides is 2. The van der Waals surface area contributed by atoms with Crippen LogP contribution in [0.1, 0.15) is 29.3 Å². The molecule has 9 nitrogen and oxygen atoms in total. The molecule has 0 heterocycles. The van der Waals surface area contributed by atoms with Gasteiger partial charge in [0.25, 0.3) is 5.69 Å². The molecule has 0 radical (unpaired) electrons. The Bertz CT molecular complexity index is 947. The van der Waals surface area contributed by atoms with Gasteiger partial charge in [0.15, 0.2) is 23.9 Å². The number of rotatable bonds is 11. The van der Waals surface area contributed by atoms with Crippen LogP contribution in [0.15, 0.2) is 36.4 Å². The molecule has 0 saturated heterocycles. The number of Topliss-reactive ketones (excluding diaryl/α,β-unsaturated/α-hetero) is 1. The van der Waals surface area contributed by atoms with Crippen molar-refractivity contribution in [1.82, 2.24) is 0 Å². The molecule has 0 aromatic heterocycles. The fraction of sp³-hybridized carbons (Fsp3) is 0.300. The van der Waals surface area contributed by atoms with E-state index in [1.165, 1.54) is 19.2 Å². The highest BCUT2D eigenvalue weighted by Crippen LogP contribution is 2.36. The van der Waals surface area contributed by atoms with Crippen molar-refractivity contribution in [3.05, 3.63) is 57.6 Å². The lowest BCUT2D eigenvalue weighted by Gasteiger charge is -2.12. The zero-order chi connectivity index (χ0) is 23.0. The second kappa shape index (κ2) is 10.9. The molecule has 0 saturated carbocycles. The van der Waals surface area contributed by atoms with Gasteiger partial charge in [-0.15, -0.1) is 0 Å². The summed E-state index contributed by atoms with van der Waals surface area (Å²) in [7, 11) is 1.17. The van der Waals surface area contributed by atoms with Gasteiger partial charge in [0.1, 0.15) is 12.4 Å². The minimum absolute atomic E-state index is 0.0343. The van der Waals surface area contributed by atoms with Crippen molar-refractivity contribution in [3.63, 3.8) is 0 Å². The number of methoxy groups -OCH3 is 1. The zero-order valence-corrected chi connectivity index (χ0v) is 16.6. The number of hydrogen-bond acceptors (Lipinski definition) is 8. The summed E-state index contributed by atoms with van der Waals surface area (Å²) < 4.78 is 44.3. The van der Waals surface area contributed by atoms with Crippen molar-refractivity contribution in [1.29, 1.82) is 0 Å². The minimum atomic E-state index is -3.21. The molecule has 0 bridgehead atoms. The summed E-state index contributed by atoms with van der Waals surface area (Å²) in [6.07, 6.45) is 0.360. The second-order valence-corrected chi connectivity index (χ2v) is 6.02. The van der Waals surface area contributed by atoms with Crippen LogP contribution in [-0.2, 0) is 16.1 Å². The summed E-state index contributed by atoms with van der Waals surface area (Å²) in [6.45, 7) is -2.47. The second-order valence-electron chi connectivity index (χ2n) is 6.02. The summed E-state index contributed by atoms with van der Waals surface area (Å²) in [5, 5.41) is 11.2. The Kier molecular flexibility index (Phi) is 8.24. The molecule has 0 unspecified atom stereocenters. The van der Waals surface area contributed by atoms with Gasteiger partial charge in [0.2, 0.25) is 0 Å². The number of ketones is 1. The molecule has 0 aliphatic rings. The van der Waals surface area contributed by atoms with Crippen molar-refractivity contribution >= 4 is 17.4 Å². The van der Waals surface area contributed by atoms with E-state index in [-0.39, 0.29) is 17.1 Å². The molecule has 11 heteroatoms. The van der Waals surface area contributed by atoms with Crippen LogP contribution >= 0.6 is 0 Å². The number of benzene rings is 2. The lowest BCUT2D eigenvalue weighted by Crippen LogP contribution is -2.15. The number of esters is 1. The van der Waals surface area contributed by atoms with E-state index in [4.69, 9.17) is 14.2 Å². The topological polar surface area (TPSA) is 114 Å². The third-order valence-corrected chi connectivity index (χ3v) is 4.02. The molecule has 2 aromatic rings. The van der Waals surface area contributed by atoms with Crippen molar-refractivity contribution in [2.75, 3.05) is 13.7 Å². The first-order valence-corrected chi connectivity index (χ1v) is 8.97. The molecule has 0 aliphatic carbocycles. The van der Waals surface area contributed by atoms with Crippen LogP contribution in [-0.4, -0.2) is 37.0 Å². The fourth-order valence-corrected chi connectivity index (χ4v) is 2.51. The SMILES string of the molecule is CCC(=O)c1ccc(OCC(=O)OCc2cc(OC)c(OC(F)F)cc2[N+](=O)[O-])cc1. The van der Waals surface area contributed by atoms with Crippen molar-refractivity contribution in [3.8, 4) is 17.2 Å². The summed E-state index contributed by atoms with van der Waals surface area (Å²) in [4.78, 5) is 33.9. The van der Waals surface area contributed by atoms with E-state index in [1.54, 1.807) is 19.1 Å². The average molecular weight is 439 g/mol. The summed E-state index contributed by atoms with van der Waals surface area (Å²) in [5.41, 5.74) is -0.154. The molecular weight excluding hydrogens is 420 g/mol. The zero-order valence-electron chi connectivity index (χ0n) is 16.6. The van der Waals surface area contributed by atoms with Gasteiger partial charge in [-0.05, 0) is 30.3 Å². The fourth-order valence-electron chi connectivity index (χ4n) is 2.51. The molecule has 0 fully saturated rings. The van der Waals surface area contributed by atoms with E-state index >= 15 is 0 Å². The Morgan fingerprint density at radius 1 is 1.13 bits per heavy atom. The monoisotopic (exact) mass is 439 g/mol. The third-order valence-electron chi connectivity index (χ3n) is 4.02. The van der Waals surface area contributed by atoms with Crippen molar-refractivity contribution in [2.45, 2.75) is 26.6 Å². The maximum atomic E-state index is 12.5. The standard InChI is InChI=1S/C20H19F2NO8/c1-3-16(24)12-4-6-14(7-5-12)29-11-19(25)30-10-13-8-17(28-2)18(31-20(21)22)9-15(13)23(26)27/h4-9,20H,3,10-11H2,1-2H3. The van der Waals surface area contributed by atoms with Crippen LogP contribution in [0.5, 0.6) is 17.2 Å². The van der Waals surface area contributed by atoms with E-state index < -0.39 is 42.2 Å². The molecule has 0 N–H and O–H groups in total. The Balaban J connectivity index is 2.02. The summed E-state index contributed by atoms with van der Waals surface area (Å²) in [6, 6.07) is 8.01. The van der Waals surface area contributed by atoms with Gasteiger partial charge in [0.05, 0.1) is 23.7 Å². The molecule has 0 spiro atoms. The maximum absolute atomic E-state index is 12.5. The summed E-state index contributed by atoms with van der Waals surface area (Å²) >= 11 is 0. The van der Waals surface area contributed by atoms with E-state index in [9.17, 15) is 28.5 Å². The molecule has 31 heavy (non-hydrogen) atoms. The van der Waals surface area contributed by atoms with E-state index in [2.05, 4.69) is 4.74 Å². The Morgan fingerprint density at radius 2 is 1.81 bits per heavy atom. The maximum Gasteiger partial charge on any atom is 0.387 e. The predicted octanol–water partition coefficient (Wildman–Crippen LogP) is 3.92. The van der Waals surface area contributed by atoms with Crippen LogP contribution in [0.25, 0.3) is 0 Å². The normalized spacial score (nSPS) is 10.5. The van der Waals surface area contributed by atoms with Gasteiger partial charge in [-0.3, -0.25) is 14.9 Å². The minimum Gasteiger partial charge on any atom is -0.493 e. The first-order chi connectivity index (χ1) is 14.7. The molecule has 2 aromatic carbocycles. The van der Waals surface area contributed by atoms with Gasteiger partial charge >= 0.3 is 12.6 Å². The number of nitrogens with zero attached hydrogens (tertiary/aromatic N) is 1. The van der Waals surface area contributed by atoms with Gasteiger partial charge < -0.3 is 18.9 Å². The number of carbonyl (C=O) groups excluding carboxylic acids is 2. The van der Waals surface area contributed by atoms with Crippen molar-refractivity contribution < 1.29 is 42.2 Å². The van der Waals surface area contributed by atoms with E-state index in [0.717, 1.165) is 12.1 Å². The Morgan fingerprint density at radius 3 is 2.35 bits per heavy atom. The molecule has 0 atom stereocenters. The van der Waals surface area contributed by atoms with Crippen LogP contribution in [0.4, 0.5) is 14.5 Å².